The molecular weight excluding hydrogens is 1480 g/mol. The van der Waals surface area contributed by atoms with Gasteiger partial charge < -0.3 is 30.6 Å². The third kappa shape index (κ3) is 33.0. The number of hydrogen-bond acceptors (Lipinski definition) is 24. The maximum Gasteiger partial charge on any atom is 3.00 e. The molecule has 0 spiro atoms. The number of pyridine rings is 12. The van der Waals surface area contributed by atoms with E-state index in [-0.39, 0.29) is 103 Å². The summed E-state index contributed by atoms with van der Waals surface area (Å²) < 4.78 is 0. The summed E-state index contributed by atoms with van der Waals surface area (Å²) in [7, 11) is 0. The first-order chi connectivity index (χ1) is 52.5. The average Bonchev–Trinajstić information content (AvgIpc) is 0.906. The molecule has 24 nitrogen and oxygen atoms in total. The second-order valence-electron chi connectivity index (χ2n) is 21.8. The Hall–Kier alpha value is -13.9. The predicted octanol–water partition coefficient (Wildman–Crippen LogP) is 8.95. The Morgan fingerprint density at radius 3 is 0.536 bits per heavy atom. The molecule has 0 saturated heterocycles. The quantitative estimate of drug-likeness (QED) is 0.0213. The van der Waals surface area contributed by atoms with Crippen LogP contribution in [0.1, 0.15) is 135 Å². The molecule has 0 aromatic carbocycles. The van der Waals surface area contributed by atoms with Crippen LogP contribution in [-0.4, -0.2) is 94.5 Å². The zero-order valence-electron chi connectivity index (χ0n) is 59.0. The third-order valence-corrected chi connectivity index (χ3v) is 14.0. The molecule has 12 aromatic heterocycles. The van der Waals surface area contributed by atoms with E-state index in [9.17, 15) is 59.4 Å². The average molecular weight is 1550 g/mol. The van der Waals surface area contributed by atoms with E-state index < -0.39 is 0 Å². The molecule has 0 aliphatic rings. The third-order valence-electron chi connectivity index (χ3n) is 14.0. The second-order valence-corrected chi connectivity index (χ2v) is 21.8. The maximum absolute atomic E-state index is 11.7. The van der Waals surface area contributed by atoms with Gasteiger partial charge in [0.05, 0.1) is 0 Å². The largest absolute Gasteiger partial charge is 3.00 e. The van der Waals surface area contributed by atoms with E-state index >= 15 is 0 Å². The molecule has 0 saturated carbocycles. The minimum Gasteiger partial charge on any atom is -0.872 e. The van der Waals surface area contributed by atoms with Crippen molar-refractivity contribution < 1.29 is 93.5 Å². The number of carbonyl (C=O) groups is 6. The van der Waals surface area contributed by atoms with Gasteiger partial charge in [-0.15, -0.1) is 0 Å². The van der Waals surface area contributed by atoms with Crippen molar-refractivity contribution in [1.29, 1.82) is 0 Å². The molecule has 110 heavy (non-hydrogen) atoms. The molecule has 12 rings (SSSR count). The van der Waals surface area contributed by atoms with E-state index in [0.717, 1.165) is 36.5 Å². The number of aromatic nitrogens is 12. The van der Waals surface area contributed by atoms with Crippen molar-refractivity contribution in [2.75, 3.05) is 0 Å². The van der Waals surface area contributed by atoms with Gasteiger partial charge in [-0.05, 0) is 203 Å². The number of carbonyl (C=O) groups excluding carboxylic acids is 6. The molecule has 0 amide bonds. The van der Waals surface area contributed by atoms with Gasteiger partial charge in [0, 0.05) is 182 Å². The van der Waals surface area contributed by atoms with Gasteiger partial charge in [0.2, 0.25) is 0 Å². The van der Waals surface area contributed by atoms with E-state index in [4.69, 9.17) is 0 Å². The zero-order valence-corrected chi connectivity index (χ0v) is 61.2. The minimum atomic E-state index is -0.347. The van der Waals surface area contributed by atoms with Crippen molar-refractivity contribution >= 4 is 69.3 Å². The van der Waals surface area contributed by atoms with Crippen LogP contribution in [0.15, 0.2) is 331 Å². The fourth-order valence-corrected chi connectivity index (χ4v) is 8.36. The normalized spacial score (nSPS) is 10.9. The summed E-state index contributed by atoms with van der Waals surface area (Å²) in [5.74, 6) is -4.08. The SMILES string of the molecule is CCCCCC.O=C(/C=C(\[O-])c1cccnc1)c1ccncc1.O=C(/C=C(\[O-])c1cccnc1)c1ccncc1.O=C(/C=C(\[O-])c1ccncc1)c1cccnc1.O=C(/C=C(\[O-])c1ccncc1)c1cccnc1.O=C(/C=C(\[O-])c1ccncc1)c1cccnc1.O=C(/C=C(\[O-])c1ccncc1)c1cccnc1.[Fe+3].[Fe+3]. The molecule has 12 aromatic rings. The van der Waals surface area contributed by atoms with Crippen LogP contribution in [0, 0.1) is 0 Å². The molecule has 12 heterocycles. The van der Waals surface area contributed by atoms with Crippen molar-refractivity contribution in [2.24, 2.45) is 0 Å². The molecule has 552 valence electrons. The molecule has 26 heteroatoms. The Balaban J connectivity index is 0.000000273. The minimum absolute atomic E-state index is 0. The van der Waals surface area contributed by atoms with Gasteiger partial charge in [0.15, 0.2) is 34.7 Å². The molecular formula is C84H68Fe2N12O12. The van der Waals surface area contributed by atoms with Crippen molar-refractivity contribution in [2.45, 2.75) is 39.5 Å². The van der Waals surface area contributed by atoms with Gasteiger partial charge in [-0.2, -0.15) is 0 Å². The first-order valence-electron chi connectivity index (χ1n) is 33.0. The number of unbranched alkanes of at least 4 members (excludes halogenated alkanes) is 3. The summed E-state index contributed by atoms with van der Waals surface area (Å²) in [5.41, 5.74) is 5.04. The monoisotopic (exact) mass is 1550 g/mol. The van der Waals surface area contributed by atoms with Crippen LogP contribution in [0.3, 0.4) is 0 Å². The van der Waals surface area contributed by atoms with Crippen LogP contribution in [0.2, 0.25) is 0 Å². The van der Waals surface area contributed by atoms with Gasteiger partial charge >= 0.3 is 34.1 Å². The summed E-state index contributed by atoms with van der Waals surface area (Å²) in [6.07, 6.45) is 48.0. The molecule has 0 N–H and O–H groups in total. The van der Waals surface area contributed by atoms with Crippen molar-refractivity contribution in [1.82, 2.24) is 59.8 Å². The molecule has 0 aliphatic carbocycles. The Morgan fingerprint density at radius 1 is 0.218 bits per heavy atom. The fraction of sp³-hybridized carbons (Fsp3) is 0.0714. The summed E-state index contributed by atoms with van der Waals surface area (Å²) in [6.45, 7) is 4.46. The zero-order chi connectivity index (χ0) is 77.4. The first kappa shape index (κ1) is 88.5. The van der Waals surface area contributed by atoms with Gasteiger partial charge in [-0.3, -0.25) is 88.6 Å². The molecule has 2 radical (unpaired) electrons. The Morgan fingerprint density at radius 2 is 0.373 bits per heavy atom. The van der Waals surface area contributed by atoms with Gasteiger partial charge in [0.25, 0.3) is 0 Å². The van der Waals surface area contributed by atoms with Crippen LogP contribution < -0.4 is 30.6 Å². The topological polar surface area (TPSA) is 395 Å². The van der Waals surface area contributed by atoms with Gasteiger partial charge in [0.1, 0.15) is 0 Å². The molecule has 0 unspecified atom stereocenters. The predicted molar refractivity (Wildman–Crippen MR) is 395 cm³/mol. The van der Waals surface area contributed by atoms with E-state index in [1.165, 1.54) is 137 Å². The fourth-order valence-electron chi connectivity index (χ4n) is 8.36. The number of nitrogens with zero attached hydrogens (tertiary/aromatic N) is 12. The van der Waals surface area contributed by atoms with E-state index in [0.29, 0.717) is 66.8 Å². The summed E-state index contributed by atoms with van der Waals surface area (Å²) in [5, 5.41) is 70.2. The molecule has 0 fully saturated rings. The van der Waals surface area contributed by atoms with Crippen LogP contribution in [0.25, 0.3) is 34.6 Å². The summed E-state index contributed by atoms with van der Waals surface area (Å²) in [6, 6.07) is 38.4. The van der Waals surface area contributed by atoms with Crippen molar-refractivity contribution in [3.63, 3.8) is 0 Å². The van der Waals surface area contributed by atoms with Crippen LogP contribution >= 0.6 is 0 Å². The molecule has 0 aliphatic heterocycles. The van der Waals surface area contributed by atoms with Crippen LogP contribution in [0.5, 0.6) is 0 Å². The number of allylic oxidation sites excluding steroid dienone is 6. The maximum atomic E-state index is 11.7. The smallest absolute Gasteiger partial charge is 0.872 e. The van der Waals surface area contributed by atoms with E-state index in [2.05, 4.69) is 73.7 Å². The van der Waals surface area contributed by atoms with Crippen LogP contribution in [-0.2, 0) is 34.1 Å². The number of rotatable bonds is 21. The second kappa shape index (κ2) is 51.3. The Labute approximate surface area is 655 Å². The summed E-state index contributed by atoms with van der Waals surface area (Å²) in [4.78, 5) is 116. The molecule has 0 atom stereocenters. The standard InChI is InChI=1S/6C13H10N2O2.C6H14.2Fe/c6*16-12(10-3-6-14-7-4-10)8-13(17)11-2-1-5-15-9-11;1-3-5-6-4-2;;/h2*1-9,17H;4*1-9,16H;3-6H2,1-2H3;;/q;;;;;;;2*+3/p-6/b2*13-8-;4*12-8-;;;. The van der Waals surface area contributed by atoms with E-state index in [1.807, 2.05) is 0 Å². The Bertz CT molecular complexity index is 4100. The number of hydrogen-bond donors (Lipinski definition) is 0. The van der Waals surface area contributed by atoms with Crippen molar-refractivity contribution in [3.8, 4) is 0 Å². The van der Waals surface area contributed by atoms with Crippen LogP contribution in [0.4, 0.5) is 0 Å². The van der Waals surface area contributed by atoms with Crippen molar-refractivity contribution in [3.05, 3.63) is 398 Å². The Kier molecular flexibility index (Phi) is 41.3. The van der Waals surface area contributed by atoms with Gasteiger partial charge in [-0.1, -0.05) is 86.2 Å². The van der Waals surface area contributed by atoms with Gasteiger partial charge in [-0.25, -0.2) is 0 Å². The first-order valence-corrected chi connectivity index (χ1v) is 33.0. The number of ketones is 6. The summed E-state index contributed by atoms with van der Waals surface area (Å²) >= 11 is 0. The van der Waals surface area contributed by atoms with E-state index in [1.54, 1.807) is 183 Å². The molecule has 0 bridgehead atoms.